The molecule has 0 spiro atoms. The van der Waals surface area contributed by atoms with Crippen LogP contribution in [-0.2, 0) is 6.54 Å². The molecule has 1 aromatic carbocycles. The minimum atomic E-state index is -0.152. The van der Waals surface area contributed by atoms with Gasteiger partial charge in [0.05, 0.1) is 11.7 Å². The van der Waals surface area contributed by atoms with E-state index in [-0.39, 0.29) is 5.91 Å². The predicted molar refractivity (Wildman–Crippen MR) is 94.3 cm³/mol. The van der Waals surface area contributed by atoms with Crippen LogP contribution >= 0.6 is 0 Å². The van der Waals surface area contributed by atoms with Gasteiger partial charge in [0.25, 0.3) is 5.91 Å². The van der Waals surface area contributed by atoms with Gasteiger partial charge in [-0.05, 0) is 43.9 Å². The monoisotopic (exact) mass is 325 g/mol. The number of carbonyl (C=O) groups is 1. The van der Waals surface area contributed by atoms with Crippen molar-refractivity contribution in [3.63, 3.8) is 0 Å². The van der Waals surface area contributed by atoms with Gasteiger partial charge in [0.15, 0.2) is 0 Å². The van der Waals surface area contributed by atoms with Crippen molar-refractivity contribution in [2.24, 2.45) is 0 Å². The molecule has 2 aromatic rings. The van der Waals surface area contributed by atoms with Crippen LogP contribution in [0.25, 0.3) is 0 Å². The first-order valence-corrected chi connectivity index (χ1v) is 8.43. The summed E-state index contributed by atoms with van der Waals surface area (Å²) < 4.78 is 6.15. The van der Waals surface area contributed by atoms with Crippen LogP contribution in [0.15, 0.2) is 42.6 Å². The number of nitrogens with one attached hydrogen (secondary N) is 2. The number of carbonyl (C=O) groups excluding carboxylic acids is 1. The second kappa shape index (κ2) is 7.81. The maximum atomic E-state index is 11.9. The first-order valence-electron chi connectivity index (χ1n) is 8.43. The van der Waals surface area contributed by atoms with E-state index < -0.39 is 0 Å². The van der Waals surface area contributed by atoms with Crippen LogP contribution in [0.1, 0.15) is 41.6 Å². The molecule has 24 heavy (non-hydrogen) atoms. The van der Waals surface area contributed by atoms with E-state index in [1.165, 1.54) is 12.8 Å². The number of rotatable bonds is 6. The van der Waals surface area contributed by atoms with Crippen molar-refractivity contribution in [1.29, 1.82) is 0 Å². The Morgan fingerprint density at radius 2 is 2.00 bits per heavy atom. The van der Waals surface area contributed by atoms with Crippen molar-refractivity contribution in [3.05, 3.63) is 53.7 Å². The fourth-order valence-electron chi connectivity index (χ4n) is 2.99. The summed E-state index contributed by atoms with van der Waals surface area (Å²) in [6.45, 7) is 0.559. The van der Waals surface area contributed by atoms with Gasteiger partial charge in [0, 0.05) is 25.4 Å². The number of hydrogen-bond donors (Lipinski definition) is 2. The average Bonchev–Trinajstić information content (AvgIpc) is 3.13. The fourth-order valence-corrected chi connectivity index (χ4v) is 2.99. The molecule has 0 saturated heterocycles. The number of amides is 1. The maximum Gasteiger partial charge on any atom is 0.254 e. The summed E-state index contributed by atoms with van der Waals surface area (Å²) >= 11 is 0. The van der Waals surface area contributed by atoms with Crippen LogP contribution in [0.3, 0.4) is 0 Å². The topological polar surface area (TPSA) is 63.2 Å². The Kier molecular flexibility index (Phi) is 5.31. The molecule has 0 unspecified atom stereocenters. The van der Waals surface area contributed by atoms with Gasteiger partial charge in [-0.25, -0.2) is 4.98 Å². The highest BCUT2D eigenvalue weighted by Crippen LogP contribution is 2.27. The van der Waals surface area contributed by atoms with Gasteiger partial charge in [0.1, 0.15) is 11.6 Å². The van der Waals surface area contributed by atoms with Crippen LogP contribution in [-0.4, -0.2) is 24.0 Å². The van der Waals surface area contributed by atoms with Gasteiger partial charge in [-0.1, -0.05) is 18.2 Å². The molecule has 1 saturated carbocycles. The van der Waals surface area contributed by atoms with Crippen LogP contribution in [0.5, 0.6) is 5.75 Å². The Morgan fingerprint density at radius 1 is 1.21 bits per heavy atom. The lowest BCUT2D eigenvalue weighted by atomic mass is 10.2. The van der Waals surface area contributed by atoms with Crippen LogP contribution in [0, 0.1) is 0 Å². The molecule has 1 aromatic heterocycles. The SMILES string of the molecule is CNC(=O)c1cccnc1NCc1ccccc1OC1CCCC1. The van der Waals surface area contributed by atoms with Gasteiger partial charge < -0.3 is 15.4 Å². The highest BCUT2D eigenvalue weighted by molar-refractivity contribution is 5.98. The Morgan fingerprint density at radius 3 is 2.79 bits per heavy atom. The molecule has 1 aliphatic rings. The number of pyridine rings is 1. The average molecular weight is 325 g/mol. The van der Waals surface area contributed by atoms with Crippen molar-refractivity contribution in [1.82, 2.24) is 10.3 Å². The third kappa shape index (κ3) is 3.85. The number of nitrogens with zero attached hydrogens (tertiary/aromatic N) is 1. The van der Waals surface area contributed by atoms with Crippen molar-refractivity contribution in [2.75, 3.05) is 12.4 Å². The van der Waals surface area contributed by atoms with Crippen molar-refractivity contribution in [3.8, 4) is 5.75 Å². The van der Waals surface area contributed by atoms with Crippen molar-refractivity contribution >= 4 is 11.7 Å². The Bertz CT molecular complexity index is 697. The van der Waals surface area contributed by atoms with E-state index in [9.17, 15) is 4.79 Å². The normalized spacial score (nSPS) is 14.4. The Balaban J connectivity index is 1.72. The second-order valence-electron chi connectivity index (χ2n) is 5.96. The molecule has 1 aliphatic carbocycles. The summed E-state index contributed by atoms with van der Waals surface area (Å²) in [7, 11) is 1.61. The standard InChI is InChI=1S/C19H23N3O2/c1-20-19(23)16-10-6-12-21-18(16)22-13-14-7-2-5-11-17(14)24-15-8-3-4-9-15/h2,5-7,10-12,15H,3-4,8-9,13H2,1H3,(H,20,23)(H,21,22). The molecule has 1 fully saturated rings. The number of benzene rings is 1. The van der Waals surface area contributed by atoms with E-state index in [1.54, 1.807) is 25.4 Å². The first-order chi connectivity index (χ1) is 11.8. The van der Waals surface area contributed by atoms with E-state index >= 15 is 0 Å². The summed E-state index contributed by atoms with van der Waals surface area (Å²) in [6.07, 6.45) is 6.74. The molecule has 126 valence electrons. The number of aromatic nitrogens is 1. The van der Waals surface area contributed by atoms with E-state index in [0.29, 0.717) is 24.0 Å². The third-order valence-corrected chi connectivity index (χ3v) is 4.29. The number of anilines is 1. The van der Waals surface area contributed by atoms with Gasteiger partial charge in [-0.15, -0.1) is 0 Å². The van der Waals surface area contributed by atoms with E-state index in [4.69, 9.17) is 4.74 Å². The van der Waals surface area contributed by atoms with Gasteiger partial charge >= 0.3 is 0 Å². The first kappa shape index (κ1) is 16.3. The third-order valence-electron chi connectivity index (χ3n) is 4.29. The van der Waals surface area contributed by atoms with Crippen molar-refractivity contribution < 1.29 is 9.53 Å². The molecule has 5 heteroatoms. The molecular formula is C19H23N3O2. The van der Waals surface area contributed by atoms with Crippen molar-refractivity contribution in [2.45, 2.75) is 38.3 Å². The van der Waals surface area contributed by atoms with E-state index in [1.807, 2.05) is 24.3 Å². The fraction of sp³-hybridized carbons (Fsp3) is 0.368. The summed E-state index contributed by atoms with van der Waals surface area (Å²) in [5.41, 5.74) is 1.60. The molecule has 1 heterocycles. The zero-order valence-corrected chi connectivity index (χ0v) is 13.9. The number of hydrogen-bond acceptors (Lipinski definition) is 4. The lowest BCUT2D eigenvalue weighted by Gasteiger charge is -2.17. The molecule has 5 nitrogen and oxygen atoms in total. The minimum Gasteiger partial charge on any atom is -0.490 e. The highest BCUT2D eigenvalue weighted by Gasteiger charge is 2.18. The smallest absolute Gasteiger partial charge is 0.254 e. The second-order valence-corrected chi connectivity index (χ2v) is 5.96. The zero-order chi connectivity index (χ0) is 16.8. The van der Waals surface area contributed by atoms with Crippen LogP contribution in [0.2, 0.25) is 0 Å². The number of para-hydroxylation sites is 1. The maximum absolute atomic E-state index is 11.9. The van der Waals surface area contributed by atoms with E-state index in [2.05, 4.69) is 15.6 Å². The quantitative estimate of drug-likeness (QED) is 0.855. The lowest BCUT2D eigenvalue weighted by molar-refractivity contribution is 0.0963. The molecular weight excluding hydrogens is 302 g/mol. The van der Waals surface area contributed by atoms with Gasteiger partial charge in [-0.3, -0.25) is 4.79 Å². The minimum absolute atomic E-state index is 0.152. The number of ether oxygens (including phenoxy) is 1. The summed E-state index contributed by atoms with van der Waals surface area (Å²) in [5.74, 6) is 1.34. The lowest BCUT2D eigenvalue weighted by Crippen LogP contribution is -2.20. The zero-order valence-electron chi connectivity index (χ0n) is 13.9. The van der Waals surface area contributed by atoms with Gasteiger partial charge in [-0.2, -0.15) is 0 Å². The largest absolute Gasteiger partial charge is 0.490 e. The van der Waals surface area contributed by atoms with E-state index in [0.717, 1.165) is 24.2 Å². The molecule has 0 radical (unpaired) electrons. The Hall–Kier alpha value is -2.56. The van der Waals surface area contributed by atoms with Crippen LogP contribution < -0.4 is 15.4 Å². The molecule has 0 bridgehead atoms. The summed E-state index contributed by atoms with van der Waals surface area (Å²) in [6, 6.07) is 11.6. The molecule has 2 N–H and O–H groups in total. The summed E-state index contributed by atoms with van der Waals surface area (Å²) in [5, 5.41) is 5.89. The molecule has 0 aliphatic heterocycles. The van der Waals surface area contributed by atoms with Gasteiger partial charge in [0.2, 0.25) is 0 Å². The Labute approximate surface area is 142 Å². The predicted octanol–water partition coefficient (Wildman–Crippen LogP) is 3.37. The summed E-state index contributed by atoms with van der Waals surface area (Å²) in [4.78, 5) is 16.2. The van der Waals surface area contributed by atoms with Crippen LogP contribution in [0.4, 0.5) is 5.82 Å². The molecule has 0 atom stereocenters. The highest BCUT2D eigenvalue weighted by atomic mass is 16.5. The molecule has 1 amide bonds. The molecule has 3 rings (SSSR count).